The van der Waals surface area contributed by atoms with Crippen LogP contribution in [0.3, 0.4) is 0 Å². The lowest BCUT2D eigenvalue weighted by atomic mass is 9.94. The van der Waals surface area contributed by atoms with Crippen molar-refractivity contribution in [1.29, 1.82) is 0 Å². The maximum Gasteiger partial charge on any atom is 0.416 e. The highest BCUT2D eigenvalue weighted by molar-refractivity contribution is 5.73. The number of carbonyl (C=O) groups excluding carboxylic acids is 1. The molecule has 32 heavy (non-hydrogen) atoms. The summed E-state index contributed by atoms with van der Waals surface area (Å²) in [5.74, 6) is 1.10. The van der Waals surface area contributed by atoms with Gasteiger partial charge in [0.2, 0.25) is 11.9 Å². The van der Waals surface area contributed by atoms with E-state index in [0.29, 0.717) is 18.3 Å². The number of anilines is 3. The minimum absolute atomic E-state index is 0.0312. The van der Waals surface area contributed by atoms with Crippen molar-refractivity contribution < 1.29 is 18.0 Å². The monoisotopic (exact) mass is 448 g/mol. The summed E-state index contributed by atoms with van der Waals surface area (Å²) in [4.78, 5) is 29.3. The first-order chi connectivity index (χ1) is 15.2. The molecule has 1 amide bonds. The van der Waals surface area contributed by atoms with Crippen LogP contribution in [0, 0.1) is 0 Å². The summed E-state index contributed by atoms with van der Waals surface area (Å²) < 4.78 is 39.3. The molecular formula is C22H27F3N6O. The smallest absolute Gasteiger partial charge is 0.342 e. The molecule has 4 heterocycles. The number of hydrogen-bond acceptors (Lipinski definition) is 6. The summed E-state index contributed by atoms with van der Waals surface area (Å²) in [5.41, 5.74) is 0.0107. The molecule has 10 heteroatoms. The van der Waals surface area contributed by atoms with E-state index in [0.717, 1.165) is 62.8 Å². The molecule has 2 unspecified atom stereocenters. The number of nitrogens with one attached hydrogen (secondary N) is 1. The quantitative estimate of drug-likeness (QED) is 0.750. The summed E-state index contributed by atoms with van der Waals surface area (Å²) in [6, 6.07) is 3.95. The molecule has 1 N–H and O–H groups in total. The van der Waals surface area contributed by atoms with E-state index in [1.807, 2.05) is 4.90 Å². The lowest BCUT2D eigenvalue weighted by Gasteiger charge is -2.32. The van der Waals surface area contributed by atoms with Gasteiger partial charge in [-0.25, -0.2) is 9.97 Å². The molecule has 2 fully saturated rings. The van der Waals surface area contributed by atoms with Gasteiger partial charge in [0.05, 0.1) is 11.3 Å². The van der Waals surface area contributed by atoms with Gasteiger partial charge in [-0.3, -0.25) is 4.79 Å². The van der Waals surface area contributed by atoms with E-state index in [4.69, 9.17) is 4.98 Å². The minimum Gasteiger partial charge on any atom is -0.342 e. The lowest BCUT2D eigenvalue weighted by molar-refractivity contribution is -0.137. The Hall–Kier alpha value is -2.91. The number of likely N-dealkylation sites (tertiary alicyclic amines) is 1. The van der Waals surface area contributed by atoms with Crippen molar-refractivity contribution in [1.82, 2.24) is 19.9 Å². The Labute approximate surface area is 185 Å². The van der Waals surface area contributed by atoms with Crippen molar-refractivity contribution in [2.45, 2.75) is 57.7 Å². The molecule has 0 saturated carbocycles. The first-order valence-corrected chi connectivity index (χ1v) is 10.9. The molecule has 7 nitrogen and oxygen atoms in total. The highest BCUT2D eigenvalue weighted by Crippen LogP contribution is 2.33. The van der Waals surface area contributed by atoms with E-state index in [1.165, 1.54) is 0 Å². The third kappa shape index (κ3) is 4.94. The largest absolute Gasteiger partial charge is 0.416 e. The number of carbonyl (C=O) groups is 1. The van der Waals surface area contributed by atoms with E-state index in [-0.39, 0.29) is 23.7 Å². The highest BCUT2D eigenvalue weighted by Gasteiger charge is 2.31. The fraction of sp³-hybridized carbons (Fsp3) is 0.545. The first-order valence-electron chi connectivity index (χ1n) is 10.9. The number of hydrogen-bond donors (Lipinski definition) is 1. The Bertz CT molecular complexity index is 982. The maximum atomic E-state index is 13.1. The highest BCUT2D eigenvalue weighted by atomic mass is 19.4. The topological polar surface area (TPSA) is 74.2 Å². The third-order valence-corrected chi connectivity index (χ3v) is 6.17. The second-order valence-electron chi connectivity index (χ2n) is 8.52. The average Bonchev–Trinajstić information content (AvgIpc) is 3.19. The lowest BCUT2D eigenvalue weighted by Crippen LogP contribution is -2.38. The number of amides is 1. The van der Waals surface area contributed by atoms with Crippen LogP contribution >= 0.6 is 0 Å². The fourth-order valence-corrected chi connectivity index (χ4v) is 4.40. The van der Waals surface area contributed by atoms with Crippen molar-refractivity contribution in [3.8, 4) is 0 Å². The van der Waals surface area contributed by atoms with Gasteiger partial charge >= 0.3 is 6.18 Å². The maximum absolute atomic E-state index is 13.1. The minimum atomic E-state index is -4.45. The second kappa shape index (κ2) is 8.91. The van der Waals surface area contributed by atoms with Gasteiger partial charge in [-0.1, -0.05) is 0 Å². The zero-order valence-electron chi connectivity index (χ0n) is 18.2. The summed E-state index contributed by atoms with van der Waals surface area (Å²) in [6.45, 7) is 5.81. The van der Waals surface area contributed by atoms with Gasteiger partial charge < -0.3 is 15.1 Å². The van der Waals surface area contributed by atoms with Crippen LogP contribution in [-0.2, 0) is 11.0 Å². The van der Waals surface area contributed by atoms with Gasteiger partial charge in [0.15, 0.2) is 0 Å². The Morgan fingerprint density at radius 3 is 2.59 bits per heavy atom. The normalized spacial score (nSPS) is 21.7. The third-order valence-electron chi connectivity index (χ3n) is 6.17. The number of nitrogens with zero attached hydrogens (tertiary/aromatic N) is 5. The van der Waals surface area contributed by atoms with Gasteiger partial charge in [-0.15, -0.1) is 0 Å². The van der Waals surface area contributed by atoms with E-state index < -0.39 is 11.7 Å². The van der Waals surface area contributed by atoms with E-state index in [1.54, 1.807) is 13.0 Å². The van der Waals surface area contributed by atoms with E-state index >= 15 is 0 Å². The van der Waals surface area contributed by atoms with Crippen molar-refractivity contribution in [2.75, 3.05) is 29.9 Å². The molecule has 0 aromatic carbocycles. The van der Waals surface area contributed by atoms with Crippen LogP contribution in [-0.4, -0.2) is 51.4 Å². The van der Waals surface area contributed by atoms with Crippen molar-refractivity contribution in [3.63, 3.8) is 0 Å². The van der Waals surface area contributed by atoms with Crippen LogP contribution in [0.4, 0.5) is 30.8 Å². The molecule has 4 rings (SSSR count). The van der Waals surface area contributed by atoms with Gasteiger partial charge in [-0.05, 0) is 44.7 Å². The van der Waals surface area contributed by atoms with Crippen LogP contribution in [0.2, 0.25) is 0 Å². The summed E-state index contributed by atoms with van der Waals surface area (Å²) in [6.07, 6.45) is 0.507. The Morgan fingerprint density at radius 2 is 1.91 bits per heavy atom. The first kappa shape index (κ1) is 22.3. The van der Waals surface area contributed by atoms with E-state index in [9.17, 15) is 18.0 Å². The van der Waals surface area contributed by atoms with Crippen molar-refractivity contribution >= 4 is 23.5 Å². The molecule has 2 aromatic rings. The molecule has 2 aliphatic heterocycles. The molecule has 0 radical (unpaired) electrons. The molecule has 2 aliphatic rings. The molecule has 0 bridgehead atoms. The van der Waals surface area contributed by atoms with Gasteiger partial charge in [-0.2, -0.15) is 18.2 Å². The zero-order chi connectivity index (χ0) is 22.9. The van der Waals surface area contributed by atoms with Gasteiger partial charge in [0, 0.05) is 50.8 Å². The van der Waals surface area contributed by atoms with Crippen LogP contribution in [0.25, 0.3) is 0 Å². The van der Waals surface area contributed by atoms with Crippen molar-refractivity contribution in [3.05, 3.63) is 35.7 Å². The van der Waals surface area contributed by atoms with Crippen molar-refractivity contribution in [2.24, 2.45) is 0 Å². The molecule has 172 valence electrons. The SMILES string of the molecule is CC(=O)N1CCCC(c2cc(Nc3cc(C(F)(F)F)ccn3)nc(N3CCCC3C)n2)C1. The van der Waals surface area contributed by atoms with Gasteiger partial charge in [0.25, 0.3) is 0 Å². The second-order valence-corrected chi connectivity index (χ2v) is 8.52. The number of alkyl halides is 3. The summed E-state index contributed by atoms with van der Waals surface area (Å²) in [5, 5.41) is 2.94. The molecule has 2 saturated heterocycles. The van der Waals surface area contributed by atoms with Crippen LogP contribution in [0.5, 0.6) is 0 Å². The molecule has 0 spiro atoms. The number of aromatic nitrogens is 3. The Balaban J connectivity index is 1.67. The fourth-order valence-electron chi connectivity index (χ4n) is 4.40. The van der Waals surface area contributed by atoms with Crippen LogP contribution in [0.1, 0.15) is 56.7 Å². The summed E-state index contributed by atoms with van der Waals surface area (Å²) >= 11 is 0. The molecule has 0 aliphatic carbocycles. The zero-order valence-corrected chi connectivity index (χ0v) is 18.2. The number of rotatable bonds is 4. The molecule has 2 atom stereocenters. The predicted molar refractivity (Wildman–Crippen MR) is 115 cm³/mol. The summed E-state index contributed by atoms with van der Waals surface area (Å²) in [7, 11) is 0. The van der Waals surface area contributed by atoms with Crippen LogP contribution in [0.15, 0.2) is 24.4 Å². The molecule has 2 aromatic heterocycles. The predicted octanol–water partition coefficient (Wildman–Crippen LogP) is 4.35. The number of halogens is 3. The van der Waals surface area contributed by atoms with Gasteiger partial charge in [0.1, 0.15) is 11.6 Å². The average molecular weight is 448 g/mol. The Morgan fingerprint density at radius 1 is 1.12 bits per heavy atom. The standard InChI is InChI=1S/C22H27F3N6O/c1-14-5-3-10-31(14)21-27-18(16-6-4-9-30(13-16)15(2)32)12-20(29-21)28-19-11-17(7-8-26-19)22(23,24)25/h7-8,11-12,14,16H,3-6,9-10,13H2,1-2H3,(H,26,27,28,29). The number of pyridine rings is 1. The van der Waals surface area contributed by atoms with E-state index in [2.05, 4.69) is 27.1 Å². The van der Waals surface area contributed by atoms with Crippen LogP contribution < -0.4 is 10.2 Å². The number of piperidine rings is 1. The molecular weight excluding hydrogens is 421 g/mol. The Kier molecular flexibility index (Phi) is 6.21.